The lowest BCUT2D eigenvalue weighted by atomic mass is 9.97. The lowest BCUT2D eigenvalue weighted by Crippen LogP contribution is -2.12. The van der Waals surface area contributed by atoms with E-state index >= 15 is 0 Å². The van der Waals surface area contributed by atoms with E-state index in [0.29, 0.717) is 17.3 Å². The molecule has 0 unspecified atom stereocenters. The Labute approximate surface area is 219 Å². The summed E-state index contributed by atoms with van der Waals surface area (Å²) in [6.07, 6.45) is 6.89. The van der Waals surface area contributed by atoms with Crippen LogP contribution in [-0.4, -0.2) is 36.3 Å². The molecule has 3 rings (SSSR count). The third-order valence-electron chi connectivity index (χ3n) is 6.12. The summed E-state index contributed by atoms with van der Waals surface area (Å²) in [4.78, 5) is 8.58. The first kappa shape index (κ1) is 27.1. The number of nitrogen functional groups attached to an aromatic ring is 1. The number of benzene rings is 2. The Morgan fingerprint density at radius 3 is 2.72 bits per heavy atom. The van der Waals surface area contributed by atoms with Crippen molar-refractivity contribution in [2.45, 2.75) is 40.2 Å². The van der Waals surface area contributed by atoms with Crippen molar-refractivity contribution in [2.24, 2.45) is 9.98 Å². The Morgan fingerprint density at radius 2 is 2.06 bits per heavy atom. The minimum absolute atomic E-state index is 0.448. The highest BCUT2D eigenvalue weighted by atomic mass is 35.5. The number of hydrogen-bond donors (Lipinski definition) is 2. The molecule has 0 radical (unpaired) electrons. The third kappa shape index (κ3) is 5.66. The molecular formula is C29H35ClN6. The van der Waals surface area contributed by atoms with Crippen LogP contribution in [0.15, 0.2) is 58.7 Å². The molecule has 1 heterocycles. The fourth-order valence-corrected chi connectivity index (χ4v) is 4.51. The zero-order valence-corrected chi connectivity index (χ0v) is 22.4. The van der Waals surface area contributed by atoms with Gasteiger partial charge in [-0.15, -0.1) is 0 Å². The lowest BCUT2D eigenvalue weighted by Gasteiger charge is -2.18. The fraction of sp³-hybridized carbons (Fsp3) is 0.276. The van der Waals surface area contributed by atoms with E-state index in [0.717, 1.165) is 64.3 Å². The zero-order valence-electron chi connectivity index (χ0n) is 21.6. The number of halogens is 1. The third-order valence-corrected chi connectivity index (χ3v) is 6.45. The lowest BCUT2D eigenvalue weighted by molar-refractivity contribution is 0.748. The maximum atomic E-state index is 6.42. The average Bonchev–Trinajstić information content (AvgIpc) is 3.21. The Kier molecular flexibility index (Phi) is 9.39. The van der Waals surface area contributed by atoms with Crippen molar-refractivity contribution in [1.29, 1.82) is 0 Å². The predicted molar refractivity (Wildman–Crippen MR) is 156 cm³/mol. The number of aryl methyl sites for hydroxylation is 2. The fourth-order valence-electron chi connectivity index (χ4n) is 4.35. The minimum atomic E-state index is 0.448. The van der Waals surface area contributed by atoms with Crippen LogP contribution in [0.2, 0.25) is 5.02 Å². The number of nitrogens with two attached hydrogens (primary N) is 1. The van der Waals surface area contributed by atoms with Gasteiger partial charge in [-0.25, -0.2) is 4.68 Å². The molecule has 1 aromatic heterocycles. The summed E-state index contributed by atoms with van der Waals surface area (Å²) in [5.41, 5.74) is 15.9. The first-order valence-corrected chi connectivity index (χ1v) is 12.4. The second-order valence-corrected chi connectivity index (χ2v) is 9.03. The van der Waals surface area contributed by atoms with Gasteiger partial charge < -0.3 is 11.1 Å². The largest absolute Gasteiger partial charge is 0.397 e. The number of anilines is 1. The van der Waals surface area contributed by atoms with Crippen molar-refractivity contribution < 1.29 is 0 Å². The normalized spacial score (nSPS) is 11.9. The molecule has 188 valence electrons. The first-order chi connectivity index (χ1) is 17.4. The predicted octanol–water partition coefficient (Wildman–Crippen LogP) is 6.23. The highest BCUT2D eigenvalue weighted by Crippen LogP contribution is 2.39. The summed E-state index contributed by atoms with van der Waals surface area (Å²) in [6.45, 7) is 15.0. The van der Waals surface area contributed by atoms with E-state index in [9.17, 15) is 0 Å². The van der Waals surface area contributed by atoms with Crippen LogP contribution in [0.5, 0.6) is 0 Å². The molecule has 0 aliphatic rings. The molecule has 0 aliphatic heterocycles. The average molecular weight is 503 g/mol. The molecule has 0 fully saturated rings. The summed E-state index contributed by atoms with van der Waals surface area (Å²) in [5, 5.41) is 8.92. The van der Waals surface area contributed by atoms with E-state index in [1.165, 1.54) is 5.56 Å². The highest BCUT2D eigenvalue weighted by Gasteiger charge is 2.24. The van der Waals surface area contributed by atoms with E-state index in [-0.39, 0.29) is 0 Å². The molecule has 6 nitrogen and oxygen atoms in total. The van der Waals surface area contributed by atoms with Gasteiger partial charge in [0.1, 0.15) is 0 Å². The summed E-state index contributed by atoms with van der Waals surface area (Å²) in [5.74, 6) is 0. The Bertz CT molecular complexity index is 1320. The minimum Gasteiger partial charge on any atom is -0.397 e. The van der Waals surface area contributed by atoms with Crippen molar-refractivity contribution in [1.82, 2.24) is 15.1 Å². The van der Waals surface area contributed by atoms with Crippen molar-refractivity contribution in [3.63, 3.8) is 0 Å². The summed E-state index contributed by atoms with van der Waals surface area (Å²) in [6, 6.07) is 10.2. The smallest absolute Gasteiger partial charge is 0.0801 e. The number of aliphatic imine (C=N–C) groups is 2. The Balaban J connectivity index is 2.40. The van der Waals surface area contributed by atoms with Crippen molar-refractivity contribution in [3.05, 3.63) is 81.7 Å². The topological polar surface area (TPSA) is 80.6 Å². The van der Waals surface area contributed by atoms with Gasteiger partial charge >= 0.3 is 0 Å². The van der Waals surface area contributed by atoms with Crippen LogP contribution in [0.4, 0.5) is 5.69 Å². The van der Waals surface area contributed by atoms with Crippen molar-refractivity contribution in [2.75, 3.05) is 19.3 Å². The number of nitrogens with zero attached hydrogens (tertiary/aromatic N) is 4. The molecule has 0 amide bonds. The molecule has 0 spiro atoms. The first-order valence-electron chi connectivity index (χ1n) is 12.0. The van der Waals surface area contributed by atoms with Gasteiger partial charge in [0.15, 0.2) is 0 Å². The van der Waals surface area contributed by atoms with Crippen LogP contribution in [0.25, 0.3) is 23.0 Å². The van der Waals surface area contributed by atoms with Crippen LogP contribution in [-0.2, 0) is 19.4 Å². The summed E-state index contributed by atoms with van der Waals surface area (Å²) < 4.78 is 2.06. The Morgan fingerprint density at radius 1 is 1.28 bits per heavy atom. The number of rotatable bonds is 11. The van der Waals surface area contributed by atoms with Gasteiger partial charge in [-0.1, -0.05) is 55.4 Å². The molecule has 0 aliphatic carbocycles. The van der Waals surface area contributed by atoms with Crippen molar-refractivity contribution >= 4 is 36.3 Å². The second kappa shape index (κ2) is 12.5. The van der Waals surface area contributed by atoms with Crippen LogP contribution in [0, 0.1) is 6.92 Å². The van der Waals surface area contributed by atoms with Gasteiger partial charge in [0.2, 0.25) is 0 Å². The highest BCUT2D eigenvalue weighted by molar-refractivity contribution is 6.33. The molecule has 3 N–H and O–H groups in total. The second-order valence-electron chi connectivity index (χ2n) is 8.63. The molecule has 36 heavy (non-hydrogen) atoms. The van der Waals surface area contributed by atoms with Gasteiger partial charge in [0.05, 0.1) is 34.3 Å². The number of nitrogens with one attached hydrogen (secondary N) is 1. The van der Waals surface area contributed by atoms with Crippen molar-refractivity contribution in [3.8, 4) is 16.9 Å². The zero-order chi connectivity index (χ0) is 26.2. The summed E-state index contributed by atoms with van der Waals surface area (Å²) >= 11 is 6.40. The molecule has 2 aromatic carbocycles. The molecule has 0 atom stereocenters. The number of para-hydroxylation sites is 1. The standard InChI is InChI=1S/C29H35ClN6/c1-7-21-11-9-10-20(4)28(21)36-29(23-12-13-25(30)27(31)22(23)8-2)24(26(35-36)14-15-32-5)18-34-17-19(3)16-33-6/h8-13,16-17,32H,2,6-7,14-15,18,31H2,1,3-5H3/b19-16-,34-17?. The van der Waals surface area contributed by atoms with Gasteiger partial charge in [-0.2, -0.15) is 5.10 Å². The van der Waals surface area contributed by atoms with E-state index in [2.05, 4.69) is 60.3 Å². The number of aromatic nitrogens is 2. The molecule has 0 saturated carbocycles. The van der Waals surface area contributed by atoms with Crippen LogP contribution in [0.1, 0.15) is 41.8 Å². The van der Waals surface area contributed by atoms with Crippen LogP contribution < -0.4 is 11.1 Å². The summed E-state index contributed by atoms with van der Waals surface area (Å²) in [7, 11) is 1.94. The number of hydrogen-bond acceptors (Lipinski definition) is 5. The number of likely N-dealkylation sites (N-methyl/N-ethyl adjacent to an activating group) is 1. The quantitative estimate of drug-likeness (QED) is 0.241. The van der Waals surface area contributed by atoms with E-state index < -0.39 is 0 Å². The van der Waals surface area contributed by atoms with Gasteiger partial charge in [0.25, 0.3) is 0 Å². The molecular weight excluding hydrogens is 468 g/mol. The molecule has 0 bridgehead atoms. The molecule has 0 saturated heterocycles. The monoisotopic (exact) mass is 502 g/mol. The SMILES string of the molecule is C=Cc1c(-c2c(CN=C/C(C)=C\N=C)c(CCNC)nn2-c2c(C)cccc2CC)ccc(Cl)c1N. The van der Waals surface area contributed by atoms with E-state index in [1.807, 2.05) is 32.3 Å². The maximum absolute atomic E-state index is 6.42. The Hall–Kier alpha value is -3.48. The van der Waals surface area contributed by atoms with E-state index in [4.69, 9.17) is 27.4 Å². The number of allylic oxidation sites excluding steroid dienone is 1. The molecule has 3 aromatic rings. The van der Waals surface area contributed by atoms with Crippen LogP contribution in [0.3, 0.4) is 0 Å². The maximum Gasteiger partial charge on any atom is 0.0801 e. The van der Waals surface area contributed by atoms with Gasteiger partial charge in [-0.05, 0) is 56.8 Å². The van der Waals surface area contributed by atoms with Gasteiger partial charge in [-0.3, -0.25) is 9.98 Å². The van der Waals surface area contributed by atoms with Gasteiger partial charge in [0, 0.05) is 42.1 Å². The van der Waals surface area contributed by atoms with Crippen LogP contribution >= 0.6 is 11.6 Å². The van der Waals surface area contributed by atoms with E-state index in [1.54, 1.807) is 12.3 Å². The molecule has 7 heteroatoms.